The van der Waals surface area contributed by atoms with E-state index in [4.69, 9.17) is 0 Å². The van der Waals surface area contributed by atoms with Gasteiger partial charge in [-0.25, -0.2) is 4.98 Å². The van der Waals surface area contributed by atoms with Gasteiger partial charge in [0.15, 0.2) is 0 Å². The van der Waals surface area contributed by atoms with Gasteiger partial charge < -0.3 is 0 Å². The van der Waals surface area contributed by atoms with E-state index in [1.54, 1.807) is 0 Å². The predicted octanol–water partition coefficient (Wildman–Crippen LogP) is 3.19. The van der Waals surface area contributed by atoms with Gasteiger partial charge in [-0.3, -0.25) is 0 Å². The van der Waals surface area contributed by atoms with Crippen LogP contribution in [0.5, 0.6) is 0 Å². The van der Waals surface area contributed by atoms with Gasteiger partial charge in [0.05, 0.1) is 0 Å². The molecule has 0 saturated heterocycles. The summed E-state index contributed by atoms with van der Waals surface area (Å²) in [6.45, 7) is 7.82. The second kappa shape index (κ2) is 3.18. The van der Waals surface area contributed by atoms with Crippen molar-refractivity contribution in [2.45, 2.75) is 13.8 Å². The Labute approximate surface area is 75.3 Å². The maximum atomic E-state index is 4.19. The summed E-state index contributed by atoms with van der Waals surface area (Å²) in [5, 5.41) is 0. The third kappa shape index (κ3) is 2.15. The minimum absolute atomic E-state index is 0.871. The second-order valence-corrected chi connectivity index (χ2v) is 3.41. The van der Waals surface area contributed by atoms with Crippen molar-refractivity contribution >= 4 is 21.5 Å². The van der Waals surface area contributed by atoms with Crippen LogP contribution in [0.1, 0.15) is 18.2 Å². The van der Waals surface area contributed by atoms with Crippen LogP contribution in [0.15, 0.2) is 23.3 Å². The molecule has 0 aromatic carbocycles. The van der Waals surface area contributed by atoms with E-state index < -0.39 is 0 Å². The molecule has 0 aliphatic heterocycles. The summed E-state index contributed by atoms with van der Waals surface area (Å²) in [4.78, 5) is 4.19. The molecule has 0 unspecified atom stereocenters. The van der Waals surface area contributed by atoms with Crippen molar-refractivity contribution in [2.24, 2.45) is 0 Å². The number of aryl methyl sites for hydroxylation is 1. The van der Waals surface area contributed by atoms with Crippen LogP contribution in [0.4, 0.5) is 0 Å². The molecule has 0 aliphatic carbocycles. The molecule has 0 fully saturated rings. The lowest BCUT2D eigenvalue weighted by Gasteiger charge is -2.01. The summed E-state index contributed by atoms with van der Waals surface area (Å²) in [5.74, 6) is 0. The summed E-state index contributed by atoms with van der Waals surface area (Å²) < 4.78 is 0.871. The maximum Gasteiger partial charge on any atom is 0.106 e. The first-order valence-electron chi connectivity index (χ1n) is 3.39. The van der Waals surface area contributed by atoms with E-state index in [-0.39, 0.29) is 0 Å². The van der Waals surface area contributed by atoms with Crippen LogP contribution in [-0.2, 0) is 0 Å². The van der Waals surface area contributed by atoms with E-state index >= 15 is 0 Å². The lowest BCUT2D eigenvalue weighted by atomic mass is 10.1. The largest absolute Gasteiger partial charge is 0.246 e. The highest BCUT2D eigenvalue weighted by Crippen LogP contribution is 2.16. The monoisotopic (exact) mass is 211 g/mol. The minimum Gasteiger partial charge on any atom is -0.246 e. The topological polar surface area (TPSA) is 12.9 Å². The molecule has 0 aliphatic rings. The van der Waals surface area contributed by atoms with Crippen molar-refractivity contribution in [3.63, 3.8) is 0 Å². The lowest BCUT2D eigenvalue weighted by Crippen LogP contribution is -1.85. The molecule has 0 amide bonds. The normalized spacial score (nSPS) is 9.73. The van der Waals surface area contributed by atoms with Gasteiger partial charge in [0.25, 0.3) is 0 Å². The Morgan fingerprint density at radius 3 is 2.64 bits per heavy atom. The fourth-order valence-electron chi connectivity index (χ4n) is 0.874. The highest BCUT2D eigenvalue weighted by Gasteiger charge is 1.96. The number of pyridine rings is 1. The second-order valence-electron chi connectivity index (χ2n) is 2.60. The van der Waals surface area contributed by atoms with E-state index in [1.165, 1.54) is 0 Å². The molecule has 11 heavy (non-hydrogen) atoms. The van der Waals surface area contributed by atoms with Crippen LogP contribution in [0.3, 0.4) is 0 Å². The summed E-state index contributed by atoms with van der Waals surface area (Å²) in [5.41, 5.74) is 3.22. The number of nitrogens with zero attached hydrogens (tertiary/aromatic N) is 1. The van der Waals surface area contributed by atoms with Gasteiger partial charge in [-0.15, -0.1) is 0 Å². The molecule has 2 heteroatoms. The average molecular weight is 212 g/mol. The molecule has 0 N–H and O–H groups in total. The van der Waals surface area contributed by atoms with E-state index in [2.05, 4.69) is 27.5 Å². The molecule has 0 saturated carbocycles. The van der Waals surface area contributed by atoms with Gasteiger partial charge in [-0.2, -0.15) is 0 Å². The SMILES string of the molecule is C=C(C)c1cc(C)nc(Br)c1. The molecule has 0 atom stereocenters. The van der Waals surface area contributed by atoms with Gasteiger partial charge >= 0.3 is 0 Å². The molecular formula is C9H10BrN. The Kier molecular flexibility index (Phi) is 2.45. The van der Waals surface area contributed by atoms with Gasteiger partial charge in [-0.1, -0.05) is 12.2 Å². The van der Waals surface area contributed by atoms with Crippen molar-refractivity contribution in [1.29, 1.82) is 0 Å². The Hall–Kier alpha value is -0.630. The van der Waals surface area contributed by atoms with Crippen LogP contribution in [-0.4, -0.2) is 4.98 Å². The number of rotatable bonds is 1. The van der Waals surface area contributed by atoms with Crippen LogP contribution in [0.2, 0.25) is 0 Å². The first kappa shape index (κ1) is 8.47. The van der Waals surface area contributed by atoms with Gasteiger partial charge in [0.2, 0.25) is 0 Å². The van der Waals surface area contributed by atoms with Crippen LogP contribution in [0.25, 0.3) is 5.57 Å². The Morgan fingerprint density at radius 2 is 2.18 bits per heavy atom. The molecule has 0 radical (unpaired) electrons. The van der Waals surface area contributed by atoms with E-state index in [1.807, 2.05) is 26.0 Å². The summed E-state index contributed by atoms with van der Waals surface area (Å²) in [6, 6.07) is 3.99. The number of allylic oxidation sites excluding steroid dienone is 1. The molecule has 1 heterocycles. The van der Waals surface area contributed by atoms with Crippen molar-refractivity contribution in [1.82, 2.24) is 4.98 Å². The number of hydrogen-bond acceptors (Lipinski definition) is 1. The first-order chi connectivity index (χ1) is 5.09. The summed E-state index contributed by atoms with van der Waals surface area (Å²) in [7, 11) is 0. The third-order valence-corrected chi connectivity index (χ3v) is 1.82. The molecule has 1 aromatic rings. The fraction of sp³-hybridized carbons (Fsp3) is 0.222. The predicted molar refractivity (Wildman–Crippen MR) is 51.4 cm³/mol. The molecule has 1 aromatic heterocycles. The Bertz CT molecular complexity index is 271. The molecule has 0 bridgehead atoms. The number of hydrogen-bond donors (Lipinski definition) is 0. The first-order valence-corrected chi connectivity index (χ1v) is 4.19. The Morgan fingerprint density at radius 1 is 1.55 bits per heavy atom. The van der Waals surface area contributed by atoms with E-state index in [9.17, 15) is 0 Å². The fourth-order valence-corrected chi connectivity index (χ4v) is 1.40. The van der Waals surface area contributed by atoms with Crippen LogP contribution >= 0.6 is 15.9 Å². The average Bonchev–Trinajstić information content (AvgIpc) is 1.85. The molecule has 0 spiro atoms. The summed E-state index contributed by atoms with van der Waals surface area (Å²) >= 11 is 3.33. The highest BCUT2D eigenvalue weighted by atomic mass is 79.9. The third-order valence-electron chi connectivity index (χ3n) is 1.41. The standard InChI is InChI=1S/C9H10BrN/c1-6(2)8-4-7(3)11-9(10)5-8/h4-5H,1H2,2-3H3. The van der Waals surface area contributed by atoms with Crippen LogP contribution < -0.4 is 0 Å². The molecule has 58 valence electrons. The van der Waals surface area contributed by atoms with Crippen LogP contribution in [0, 0.1) is 6.92 Å². The zero-order chi connectivity index (χ0) is 8.43. The highest BCUT2D eigenvalue weighted by molar-refractivity contribution is 9.10. The van der Waals surface area contributed by atoms with Crippen molar-refractivity contribution < 1.29 is 0 Å². The van der Waals surface area contributed by atoms with Gasteiger partial charge in [0, 0.05) is 5.69 Å². The molecular weight excluding hydrogens is 202 g/mol. The number of aromatic nitrogens is 1. The Balaban J connectivity index is 3.19. The zero-order valence-corrected chi connectivity index (χ0v) is 8.27. The van der Waals surface area contributed by atoms with E-state index in [0.29, 0.717) is 0 Å². The molecule has 1 nitrogen and oxygen atoms in total. The quantitative estimate of drug-likeness (QED) is 0.651. The van der Waals surface area contributed by atoms with Crippen molar-refractivity contribution in [3.8, 4) is 0 Å². The minimum atomic E-state index is 0.871. The number of halogens is 1. The molecule has 1 rings (SSSR count). The summed E-state index contributed by atoms with van der Waals surface area (Å²) in [6.07, 6.45) is 0. The zero-order valence-electron chi connectivity index (χ0n) is 6.69. The van der Waals surface area contributed by atoms with Gasteiger partial charge in [-0.05, 0) is 47.5 Å². The van der Waals surface area contributed by atoms with E-state index in [0.717, 1.165) is 21.4 Å². The lowest BCUT2D eigenvalue weighted by molar-refractivity contribution is 1.16. The maximum absolute atomic E-state index is 4.19. The van der Waals surface area contributed by atoms with Crippen molar-refractivity contribution in [2.75, 3.05) is 0 Å². The smallest absolute Gasteiger partial charge is 0.106 e. The van der Waals surface area contributed by atoms with Crippen molar-refractivity contribution in [3.05, 3.63) is 34.6 Å². The van der Waals surface area contributed by atoms with Gasteiger partial charge in [0.1, 0.15) is 4.60 Å².